The maximum atomic E-state index is 13.7. The maximum Gasteiger partial charge on any atom is 0.410 e. The van der Waals surface area contributed by atoms with E-state index in [0.29, 0.717) is 76.4 Å². The number of anilines is 1. The van der Waals surface area contributed by atoms with Gasteiger partial charge in [-0.3, -0.25) is 38.6 Å². The number of ether oxygens (including phenoxy) is 2. The molecule has 20 nitrogen and oxygen atoms in total. The van der Waals surface area contributed by atoms with E-state index in [0.717, 1.165) is 82.4 Å². The highest BCUT2D eigenvalue weighted by Gasteiger charge is 2.66. The number of amides is 5. The van der Waals surface area contributed by atoms with Crippen LogP contribution in [0.1, 0.15) is 103 Å². The fraction of sp³-hybridized carbons (Fsp3) is 0.381. The van der Waals surface area contributed by atoms with Gasteiger partial charge in [0.1, 0.15) is 13.2 Å². The molecule has 2 atom stereocenters. The fourth-order valence-corrected chi connectivity index (χ4v) is 15.7. The summed E-state index contributed by atoms with van der Waals surface area (Å²) in [6.07, 6.45) is 10.5. The first kappa shape index (κ1) is 58.6. The standard InChI is InChI=1S/C63H65N8O12S2/c1-40-48(45-20-21-49(66-55(45)57(76)77)44-19-18-43-10-8-11-46(47(43)29-44)56(75)68-58-67-50-12-4-5-13-51(50)84-58)30-65-71(40)39-62-34-60(2)33-61(3,35-62)37-63(36-60,38-62)83-27-25-69(26-28-85(79,80)81)59(78)82-32-42-16-14-41(15-17-42)9-6-7-24-64-52(72)31-70-53(73)22-23-54(70)74/h4-5,8,10-16,18-23,29-30H,6-7,9,24-28,31-39H2,1-3H3,(H,64,72)(H,76,77)(H,67,68,75)(H,79,80,81). The van der Waals surface area contributed by atoms with Crippen molar-refractivity contribution >= 4 is 83.3 Å². The number of aromatic nitrogens is 4. The molecule has 85 heavy (non-hydrogen) atoms. The summed E-state index contributed by atoms with van der Waals surface area (Å²) in [5, 5.41) is 23.3. The summed E-state index contributed by atoms with van der Waals surface area (Å²) in [6.45, 7) is 6.83. The molecule has 4 aromatic carbocycles. The Morgan fingerprint density at radius 2 is 1.64 bits per heavy atom. The predicted molar refractivity (Wildman–Crippen MR) is 318 cm³/mol. The first-order valence-electron chi connectivity index (χ1n) is 28.3. The Hall–Kier alpha value is -8.18. The Bertz CT molecular complexity index is 3880. The molecule has 5 amide bonds. The van der Waals surface area contributed by atoms with E-state index in [1.54, 1.807) is 36.5 Å². The number of carbonyl (C=O) groups excluding carboxylic acids is 5. The van der Waals surface area contributed by atoms with Gasteiger partial charge in [0, 0.05) is 66.3 Å². The van der Waals surface area contributed by atoms with Crippen LogP contribution in [0.4, 0.5) is 9.93 Å². The summed E-state index contributed by atoms with van der Waals surface area (Å²) in [5.74, 6) is -3.65. The van der Waals surface area contributed by atoms with E-state index in [2.05, 4.69) is 35.5 Å². The van der Waals surface area contributed by atoms with Crippen LogP contribution in [0.3, 0.4) is 0 Å². The number of benzene rings is 4. The highest BCUT2D eigenvalue weighted by atomic mass is 32.2. The van der Waals surface area contributed by atoms with E-state index >= 15 is 0 Å². The highest BCUT2D eigenvalue weighted by Crippen LogP contribution is 2.72. The lowest BCUT2D eigenvalue weighted by atomic mass is 9.39. The molecule has 7 aromatic rings. The van der Waals surface area contributed by atoms with Gasteiger partial charge in [-0.25, -0.2) is 19.6 Å². The summed E-state index contributed by atoms with van der Waals surface area (Å²) >= 11 is 1.39. The van der Waals surface area contributed by atoms with Gasteiger partial charge in [0.25, 0.3) is 27.8 Å². The molecule has 441 valence electrons. The Morgan fingerprint density at radius 3 is 2.36 bits per heavy atom. The van der Waals surface area contributed by atoms with Gasteiger partial charge in [0.05, 0.1) is 40.1 Å². The third kappa shape index (κ3) is 13.1. The van der Waals surface area contributed by atoms with E-state index in [9.17, 15) is 46.8 Å². The number of hydrogen-bond donors (Lipinski definition) is 4. The van der Waals surface area contributed by atoms with Crippen molar-refractivity contribution in [2.75, 3.05) is 43.9 Å². The molecule has 3 aromatic heterocycles. The highest BCUT2D eigenvalue weighted by molar-refractivity contribution is 7.85. The van der Waals surface area contributed by atoms with Crippen LogP contribution < -0.4 is 10.6 Å². The van der Waals surface area contributed by atoms with Crippen LogP contribution in [0, 0.1) is 29.2 Å². The van der Waals surface area contributed by atoms with Crippen molar-refractivity contribution in [1.29, 1.82) is 0 Å². The fourth-order valence-electron chi connectivity index (χ4n) is 14.4. The molecule has 4 N–H and O–H groups in total. The number of unbranched alkanes of at least 4 members (excludes halogenated alkanes) is 1. The number of fused-ring (bicyclic) bond motifs is 2. The van der Waals surface area contributed by atoms with Gasteiger partial charge in [-0.2, -0.15) is 13.5 Å². The third-order valence-electron chi connectivity index (χ3n) is 16.9. The number of aryl methyl sites for hydroxylation is 1. The van der Waals surface area contributed by atoms with Crippen LogP contribution >= 0.6 is 11.3 Å². The average molecular weight is 1190 g/mol. The number of thiazole rings is 1. The molecule has 4 aliphatic carbocycles. The number of aromatic carboxylic acids is 1. The van der Waals surface area contributed by atoms with Crippen molar-refractivity contribution in [1.82, 2.24) is 34.9 Å². The number of carboxylic acids is 1. The number of rotatable bonds is 23. The van der Waals surface area contributed by atoms with Crippen LogP contribution in [0.25, 0.3) is 43.4 Å². The summed E-state index contributed by atoms with van der Waals surface area (Å²) in [4.78, 5) is 87.5. The summed E-state index contributed by atoms with van der Waals surface area (Å²) in [6, 6.07) is 30.9. The van der Waals surface area contributed by atoms with Crippen molar-refractivity contribution in [3.8, 4) is 22.4 Å². The Labute approximate surface area is 495 Å². The van der Waals surface area contributed by atoms with Gasteiger partial charge < -0.3 is 24.8 Å². The zero-order valence-electron chi connectivity index (χ0n) is 47.4. The number of carbonyl (C=O) groups is 6. The molecule has 5 aliphatic rings. The Kier molecular flexibility index (Phi) is 16.1. The average Bonchev–Trinajstić information content (AvgIpc) is 1.37. The number of pyridine rings is 1. The Balaban J connectivity index is 0.726. The summed E-state index contributed by atoms with van der Waals surface area (Å²) < 4.78 is 49.1. The SMILES string of the molecule is Cc1c(-c2ccc(-c3ccc4cccc(C(=O)Nc5nc6ccccc6s5)c4c3)nc2C(=O)O)cnn1CC12CC3(C)CC(C)(C1)CC(OCCN(CCS(=O)(=O)O)C(=O)OCc1[c]cc(CCCCNC(=O)CN4C(=O)C=CC4=O)cc1)(C3)C2. The molecule has 1 radical (unpaired) electrons. The molecule has 4 bridgehead atoms. The van der Waals surface area contributed by atoms with Gasteiger partial charge in [-0.15, -0.1) is 0 Å². The van der Waals surface area contributed by atoms with Gasteiger partial charge in [-0.05, 0) is 145 Å². The largest absolute Gasteiger partial charge is 0.476 e. The number of nitrogens with one attached hydrogen (secondary N) is 2. The van der Waals surface area contributed by atoms with Crippen LogP contribution in [-0.4, -0.2) is 127 Å². The molecule has 0 saturated heterocycles. The summed E-state index contributed by atoms with van der Waals surface area (Å²) in [5.41, 5.74) is 4.65. The van der Waals surface area contributed by atoms with Crippen LogP contribution in [0.5, 0.6) is 0 Å². The lowest BCUT2D eigenvalue weighted by molar-refractivity contribution is -0.248. The van der Waals surface area contributed by atoms with Gasteiger partial charge in [-0.1, -0.05) is 79.8 Å². The number of hydrogen-bond acceptors (Lipinski definition) is 14. The van der Waals surface area contributed by atoms with E-state index < -0.39 is 51.3 Å². The zero-order chi connectivity index (χ0) is 59.9. The van der Waals surface area contributed by atoms with Crippen LogP contribution in [0.15, 0.2) is 109 Å². The van der Waals surface area contributed by atoms with E-state index in [4.69, 9.17) is 19.6 Å². The minimum atomic E-state index is -4.43. The lowest BCUT2D eigenvalue weighted by Crippen LogP contribution is -2.64. The zero-order valence-corrected chi connectivity index (χ0v) is 49.0. The molecule has 22 heteroatoms. The van der Waals surface area contributed by atoms with Gasteiger partial charge in [0.2, 0.25) is 5.91 Å². The number of nitrogens with zero attached hydrogens (tertiary/aromatic N) is 6. The van der Waals surface area contributed by atoms with Crippen molar-refractivity contribution < 1.29 is 56.3 Å². The first-order valence-corrected chi connectivity index (χ1v) is 30.8. The molecule has 12 rings (SSSR count). The number of para-hydroxylation sites is 1. The van der Waals surface area contributed by atoms with Crippen molar-refractivity contribution in [3.63, 3.8) is 0 Å². The second-order valence-electron chi connectivity index (χ2n) is 24.0. The normalized spacial score (nSPS) is 21.5. The lowest BCUT2D eigenvalue weighted by Gasteiger charge is -2.69. The topological polar surface area (TPSA) is 270 Å². The molecule has 4 fully saturated rings. The predicted octanol–water partition coefficient (Wildman–Crippen LogP) is 9.46. The maximum absolute atomic E-state index is 13.7. The molecular weight excluding hydrogens is 1120 g/mol. The van der Waals surface area contributed by atoms with Crippen LogP contribution in [-0.2, 0) is 53.5 Å². The molecule has 1 aliphatic heterocycles. The number of imide groups is 1. The Morgan fingerprint density at radius 1 is 0.859 bits per heavy atom. The first-order chi connectivity index (χ1) is 40.5. The van der Waals surface area contributed by atoms with Gasteiger partial charge in [0.15, 0.2) is 10.8 Å². The second-order valence-corrected chi connectivity index (χ2v) is 26.7. The second kappa shape index (κ2) is 23.4. The summed E-state index contributed by atoms with van der Waals surface area (Å²) in [7, 11) is -4.43. The molecule has 2 unspecified atom stereocenters. The quantitative estimate of drug-likeness (QED) is 0.0264. The molecular formula is C63H65N8O12S2. The smallest absolute Gasteiger partial charge is 0.410 e. The van der Waals surface area contributed by atoms with Crippen molar-refractivity contribution in [2.45, 2.75) is 97.3 Å². The van der Waals surface area contributed by atoms with Crippen molar-refractivity contribution in [3.05, 3.63) is 143 Å². The third-order valence-corrected chi connectivity index (χ3v) is 18.6. The number of carboxylic acid groups (broad SMARTS) is 1. The van der Waals surface area contributed by atoms with E-state index in [-0.39, 0.29) is 60.7 Å². The monoisotopic (exact) mass is 1190 g/mol. The minimum absolute atomic E-state index is 0.0105. The van der Waals surface area contributed by atoms with E-state index in [1.807, 2.05) is 72.3 Å². The van der Waals surface area contributed by atoms with Gasteiger partial charge >= 0.3 is 12.1 Å². The molecule has 0 spiro atoms. The minimum Gasteiger partial charge on any atom is -0.476 e. The molecule has 4 saturated carbocycles. The van der Waals surface area contributed by atoms with E-state index in [1.165, 1.54) is 16.2 Å². The van der Waals surface area contributed by atoms with Crippen molar-refractivity contribution in [2.24, 2.45) is 16.2 Å². The molecule has 4 heterocycles. The van der Waals surface area contributed by atoms with Crippen LogP contribution in [0.2, 0.25) is 0 Å².